The molecule has 0 heterocycles. The Hall–Kier alpha value is -0.500. The van der Waals surface area contributed by atoms with Crippen LogP contribution in [-0.4, -0.2) is 75.4 Å². The van der Waals surface area contributed by atoms with Crippen molar-refractivity contribution in [3.63, 3.8) is 0 Å². The molecule has 9 heteroatoms. The van der Waals surface area contributed by atoms with Crippen molar-refractivity contribution in [3.8, 4) is 0 Å². The molecular weight excluding hydrogens is 455 g/mol. The van der Waals surface area contributed by atoms with Crippen molar-refractivity contribution >= 4 is 13.7 Å². The highest BCUT2D eigenvalue weighted by molar-refractivity contribution is 7.47. The maximum Gasteiger partial charge on any atom is 0.472 e. The van der Waals surface area contributed by atoms with Gasteiger partial charge in [0.05, 0.1) is 33.9 Å². The van der Waals surface area contributed by atoms with E-state index in [4.69, 9.17) is 13.8 Å². The number of phosphoric acid groups is 1. The second-order valence-electron chi connectivity index (χ2n) is 10.2. The molecule has 2 atom stereocenters. The van der Waals surface area contributed by atoms with E-state index >= 15 is 0 Å². The monoisotopic (exact) mass is 509 g/mol. The van der Waals surface area contributed by atoms with Gasteiger partial charge < -0.3 is 19.4 Å². The van der Waals surface area contributed by atoms with Crippen molar-refractivity contribution in [2.75, 3.05) is 54.1 Å². The van der Waals surface area contributed by atoms with Crippen molar-refractivity contribution in [2.24, 2.45) is 0 Å². The molecule has 0 aliphatic heterocycles. The SMILES string of the molecule is CCCCCCCCCC(=O)NCC(COP(=O)(O)OCC[N+](C)(C)C)OCCCCCCC. The summed E-state index contributed by atoms with van der Waals surface area (Å²) in [6.45, 7) is 5.76. The molecule has 0 saturated carbocycles. The van der Waals surface area contributed by atoms with Gasteiger partial charge in [0.15, 0.2) is 0 Å². The molecule has 0 bridgehead atoms. The lowest BCUT2D eigenvalue weighted by Gasteiger charge is -2.24. The van der Waals surface area contributed by atoms with E-state index in [1.807, 2.05) is 21.1 Å². The van der Waals surface area contributed by atoms with Gasteiger partial charge >= 0.3 is 7.82 Å². The number of nitrogens with one attached hydrogen (secondary N) is 1. The van der Waals surface area contributed by atoms with E-state index < -0.39 is 13.9 Å². The summed E-state index contributed by atoms with van der Waals surface area (Å²) in [6.07, 6.45) is 13.7. The molecule has 0 saturated heterocycles. The van der Waals surface area contributed by atoms with Crippen LogP contribution in [0.3, 0.4) is 0 Å². The number of rotatable bonds is 24. The van der Waals surface area contributed by atoms with Gasteiger partial charge in [-0.25, -0.2) is 4.57 Å². The molecule has 0 fully saturated rings. The van der Waals surface area contributed by atoms with Crippen LogP contribution in [0.2, 0.25) is 0 Å². The zero-order valence-corrected chi connectivity index (χ0v) is 23.6. The van der Waals surface area contributed by atoms with E-state index in [9.17, 15) is 14.3 Å². The zero-order chi connectivity index (χ0) is 25.7. The van der Waals surface area contributed by atoms with Gasteiger partial charge in [0.1, 0.15) is 13.2 Å². The number of phosphoric ester groups is 1. The number of carbonyl (C=O) groups is 1. The summed E-state index contributed by atoms with van der Waals surface area (Å²) in [5.74, 6) is -0.0171. The van der Waals surface area contributed by atoms with E-state index in [-0.39, 0.29) is 25.7 Å². The third-order valence-corrected chi connectivity index (χ3v) is 6.56. The van der Waals surface area contributed by atoms with Crippen molar-refractivity contribution < 1.29 is 32.5 Å². The quantitative estimate of drug-likeness (QED) is 0.102. The first-order valence-electron chi connectivity index (χ1n) is 13.4. The molecule has 2 N–H and O–H groups in total. The molecule has 8 nitrogen and oxygen atoms in total. The van der Waals surface area contributed by atoms with Gasteiger partial charge in [-0.3, -0.25) is 13.8 Å². The second kappa shape index (κ2) is 20.7. The molecule has 2 unspecified atom stereocenters. The molecule has 0 aromatic carbocycles. The minimum Gasteiger partial charge on any atom is -0.374 e. The summed E-state index contributed by atoms with van der Waals surface area (Å²) in [7, 11) is 1.76. The fraction of sp³-hybridized carbons (Fsp3) is 0.960. The predicted molar refractivity (Wildman–Crippen MR) is 139 cm³/mol. The van der Waals surface area contributed by atoms with Crippen LogP contribution in [0, 0.1) is 0 Å². The lowest BCUT2D eigenvalue weighted by Crippen LogP contribution is -2.37. The van der Waals surface area contributed by atoms with Crippen molar-refractivity contribution in [2.45, 2.75) is 103 Å². The van der Waals surface area contributed by atoms with Gasteiger partial charge in [-0.1, -0.05) is 78.1 Å². The van der Waals surface area contributed by atoms with E-state index in [0.717, 1.165) is 25.7 Å². The first-order chi connectivity index (χ1) is 16.1. The van der Waals surface area contributed by atoms with Crippen molar-refractivity contribution in [3.05, 3.63) is 0 Å². The van der Waals surface area contributed by atoms with Crippen LogP contribution in [-0.2, 0) is 23.1 Å². The summed E-state index contributed by atoms with van der Waals surface area (Å²) in [4.78, 5) is 22.2. The largest absolute Gasteiger partial charge is 0.472 e. The maximum atomic E-state index is 12.2. The first kappa shape index (κ1) is 33.5. The van der Waals surface area contributed by atoms with Crippen LogP contribution < -0.4 is 5.32 Å². The first-order valence-corrected chi connectivity index (χ1v) is 14.9. The highest BCUT2D eigenvalue weighted by Gasteiger charge is 2.25. The minimum atomic E-state index is -4.17. The number of nitrogens with zero attached hydrogens (tertiary/aromatic N) is 1. The van der Waals surface area contributed by atoms with Gasteiger partial charge in [-0.2, -0.15) is 0 Å². The summed E-state index contributed by atoms with van der Waals surface area (Å²) in [5.41, 5.74) is 0. The molecule has 0 spiro atoms. The lowest BCUT2D eigenvalue weighted by atomic mass is 10.1. The Bertz CT molecular complexity index is 542. The molecule has 0 radical (unpaired) electrons. The highest BCUT2D eigenvalue weighted by atomic mass is 31.2. The Morgan fingerprint density at radius 1 is 0.853 bits per heavy atom. The Morgan fingerprint density at radius 2 is 1.41 bits per heavy atom. The topological polar surface area (TPSA) is 94.1 Å². The fourth-order valence-electron chi connectivity index (χ4n) is 3.32. The number of hydrogen-bond donors (Lipinski definition) is 2. The molecule has 0 aromatic rings. The van der Waals surface area contributed by atoms with E-state index in [2.05, 4.69) is 19.2 Å². The van der Waals surface area contributed by atoms with Crippen LogP contribution in [0.5, 0.6) is 0 Å². The van der Waals surface area contributed by atoms with Gasteiger partial charge in [-0.15, -0.1) is 0 Å². The molecule has 0 aliphatic rings. The van der Waals surface area contributed by atoms with Crippen LogP contribution in [0.15, 0.2) is 0 Å². The van der Waals surface area contributed by atoms with Crippen molar-refractivity contribution in [1.82, 2.24) is 5.32 Å². The second-order valence-corrected chi connectivity index (χ2v) is 11.6. The van der Waals surface area contributed by atoms with Crippen LogP contribution in [0.1, 0.15) is 97.3 Å². The number of quaternary nitrogens is 1. The summed E-state index contributed by atoms with van der Waals surface area (Å²) in [6, 6.07) is 0. The van der Waals surface area contributed by atoms with Gasteiger partial charge in [-0.05, 0) is 12.8 Å². The maximum absolute atomic E-state index is 12.2. The van der Waals surface area contributed by atoms with Gasteiger partial charge in [0, 0.05) is 19.6 Å². The number of likely N-dealkylation sites (N-methyl/N-ethyl adjacent to an activating group) is 1. The van der Waals surface area contributed by atoms with Crippen LogP contribution in [0.25, 0.3) is 0 Å². The summed E-state index contributed by atoms with van der Waals surface area (Å²) >= 11 is 0. The normalized spacial score (nSPS) is 14.6. The number of hydrogen-bond acceptors (Lipinski definition) is 5. The molecule has 0 aromatic heterocycles. The minimum absolute atomic E-state index is 0.0171. The zero-order valence-electron chi connectivity index (χ0n) is 22.7. The average molecular weight is 510 g/mol. The Labute approximate surface area is 209 Å². The third-order valence-electron chi connectivity index (χ3n) is 5.58. The number of unbranched alkanes of at least 4 members (excludes halogenated alkanes) is 10. The average Bonchev–Trinajstić information content (AvgIpc) is 2.75. The summed E-state index contributed by atoms with van der Waals surface area (Å²) in [5, 5.41) is 2.90. The molecular formula is C25H54N2O6P+. The predicted octanol–water partition coefficient (Wildman–Crippen LogP) is 5.44. The van der Waals surface area contributed by atoms with Gasteiger partial charge in [0.25, 0.3) is 0 Å². The molecule has 0 aliphatic carbocycles. The summed E-state index contributed by atoms with van der Waals surface area (Å²) < 4.78 is 29.0. The number of ether oxygens (including phenoxy) is 1. The van der Waals surface area contributed by atoms with E-state index in [1.165, 1.54) is 51.4 Å². The molecule has 34 heavy (non-hydrogen) atoms. The van der Waals surface area contributed by atoms with Crippen molar-refractivity contribution in [1.29, 1.82) is 0 Å². The van der Waals surface area contributed by atoms with E-state index in [0.29, 0.717) is 24.1 Å². The third kappa shape index (κ3) is 23.3. The van der Waals surface area contributed by atoms with Gasteiger partial charge in [0.2, 0.25) is 5.91 Å². The Morgan fingerprint density at radius 3 is 2.00 bits per heavy atom. The molecule has 1 amide bonds. The molecule has 204 valence electrons. The standard InChI is InChI=1S/C25H53N2O6P/c1-6-8-10-12-13-14-16-18-25(28)26-22-24(31-20-17-15-11-9-7-2)23-33-34(29,30)32-21-19-27(3,4)5/h24H,6-23H2,1-5H3,(H-,26,28,29,30)/p+1. The Kier molecular flexibility index (Phi) is 20.4. The number of amides is 1. The van der Waals surface area contributed by atoms with E-state index in [1.54, 1.807) is 0 Å². The van der Waals surface area contributed by atoms with Crippen LogP contribution >= 0.6 is 7.82 Å². The fourth-order valence-corrected chi connectivity index (χ4v) is 4.07. The highest BCUT2D eigenvalue weighted by Crippen LogP contribution is 2.43. The lowest BCUT2D eigenvalue weighted by molar-refractivity contribution is -0.870. The van der Waals surface area contributed by atoms with Crippen LogP contribution in [0.4, 0.5) is 0 Å². The Balaban J connectivity index is 4.38. The number of carbonyl (C=O) groups excluding carboxylic acids is 1. The smallest absolute Gasteiger partial charge is 0.374 e. The molecule has 0 rings (SSSR count).